The van der Waals surface area contributed by atoms with Crippen molar-refractivity contribution in [3.8, 4) is 17.6 Å². The minimum atomic E-state index is -0.915. The number of carbonyl (C=O) groups excluding carboxylic acids is 1. The highest BCUT2D eigenvalue weighted by Crippen LogP contribution is 2.70. The largest absolute Gasteiger partial charge is 0.497 e. The molecule has 1 N–H and O–H groups in total. The molecule has 1 aromatic rings. The molecule has 0 amide bonds. The maximum absolute atomic E-state index is 12.3. The van der Waals surface area contributed by atoms with Gasteiger partial charge >= 0.3 is 0 Å². The molecule has 170 valence electrons. The lowest BCUT2D eigenvalue weighted by atomic mass is 9.43. The van der Waals surface area contributed by atoms with Crippen molar-refractivity contribution in [2.45, 2.75) is 77.2 Å². The Morgan fingerprint density at radius 1 is 1.09 bits per heavy atom. The Kier molecular flexibility index (Phi) is 5.10. The van der Waals surface area contributed by atoms with Gasteiger partial charge in [-0.15, -0.1) is 5.92 Å². The van der Waals surface area contributed by atoms with Crippen LogP contribution in [0.3, 0.4) is 0 Å². The summed E-state index contributed by atoms with van der Waals surface area (Å²) in [4.78, 5) is 12.3. The van der Waals surface area contributed by atoms with Gasteiger partial charge in [0.2, 0.25) is 0 Å². The minimum Gasteiger partial charge on any atom is -0.497 e. The van der Waals surface area contributed by atoms with Crippen molar-refractivity contribution in [3.63, 3.8) is 0 Å². The fourth-order valence-corrected chi connectivity index (χ4v) is 8.34. The number of carbonyl (C=O) groups is 1. The molecule has 3 heteroatoms. The maximum atomic E-state index is 12.3. The van der Waals surface area contributed by atoms with E-state index in [0.29, 0.717) is 35.9 Å². The number of fused-ring (bicyclic) bond motifs is 5. The Bertz CT molecular complexity index is 1010. The molecule has 3 fully saturated rings. The van der Waals surface area contributed by atoms with Gasteiger partial charge in [0.05, 0.1) is 7.11 Å². The molecule has 2 unspecified atom stereocenters. The third-order valence-corrected chi connectivity index (χ3v) is 9.95. The monoisotopic (exact) mass is 432 g/mol. The summed E-state index contributed by atoms with van der Waals surface area (Å²) in [5.74, 6) is 9.30. The fraction of sp³-hybridized carbons (Fsp3) is 0.621. The van der Waals surface area contributed by atoms with E-state index in [0.717, 1.165) is 44.3 Å². The van der Waals surface area contributed by atoms with Crippen LogP contribution >= 0.6 is 0 Å². The molecular formula is C29H36O3. The van der Waals surface area contributed by atoms with Crippen LogP contribution in [0.5, 0.6) is 5.75 Å². The van der Waals surface area contributed by atoms with Crippen molar-refractivity contribution in [3.05, 3.63) is 41.5 Å². The Labute approximate surface area is 192 Å². The molecule has 7 atom stereocenters. The third kappa shape index (κ3) is 2.95. The molecule has 0 saturated heterocycles. The van der Waals surface area contributed by atoms with Gasteiger partial charge in [-0.2, -0.15) is 0 Å². The second-order valence-corrected chi connectivity index (χ2v) is 11.2. The number of ether oxygens (including phenoxy) is 1. The Morgan fingerprint density at radius 3 is 2.53 bits per heavy atom. The van der Waals surface area contributed by atoms with Crippen molar-refractivity contribution < 1.29 is 14.6 Å². The predicted molar refractivity (Wildman–Crippen MR) is 126 cm³/mol. The molecule has 4 aliphatic rings. The summed E-state index contributed by atoms with van der Waals surface area (Å²) in [5.41, 5.74) is 1.63. The molecule has 5 rings (SSSR count). The molecule has 32 heavy (non-hydrogen) atoms. The third-order valence-electron chi connectivity index (χ3n) is 9.95. The van der Waals surface area contributed by atoms with E-state index in [9.17, 15) is 9.90 Å². The van der Waals surface area contributed by atoms with Crippen molar-refractivity contribution in [2.24, 2.45) is 28.6 Å². The summed E-state index contributed by atoms with van der Waals surface area (Å²) in [6, 6.07) is 8.58. The number of hydrogen-bond acceptors (Lipinski definition) is 3. The highest BCUT2D eigenvalue weighted by molar-refractivity contribution is 5.91. The molecule has 0 heterocycles. The zero-order valence-corrected chi connectivity index (χ0v) is 19.9. The van der Waals surface area contributed by atoms with Crippen LogP contribution in [-0.2, 0) is 4.79 Å². The molecule has 0 spiro atoms. The van der Waals surface area contributed by atoms with E-state index in [1.54, 1.807) is 7.11 Å². The van der Waals surface area contributed by atoms with E-state index in [4.69, 9.17) is 4.74 Å². The molecule has 0 aliphatic heterocycles. The maximum Gasteiger partial charge on any atom is 0.155 e. The number of methoxy groups -OCH3 is 1. The second-order valence-electron chi connectivity index (χ2n) is 11.2. The molecule has 3 saturated carbocycles. The quantitative estimate of drug-likeness (QED) is 0.612. The van der Waals surface area contributed by atoms with E-state index >= 15 is 0 Å². The Balaban J connectivity index is 1.65. The summed E-state index contributed by atoms with van der Waals surface area (Å²) >= 11 is 0. The Hall–Kier alpha value is -2.05. The molecular weight excluding hydrogens is 396 g/mol. The molecule has 0 radical (unpaired) electrons. The van der Waals surface area contributed by atoms with E-state index < -0.39 is 5.60 Å². The lowest BCUT2D eigenvalue weighted by molar-refractivity contribution is -0.122. The summed E-state index contributed by atoms with van der Waals surface area (Å²) in [5, 5.41) is 11.8. The van der Waals surface area contributed by atoms with Crippen molar-refractivity contribution in [1.29, 1.82) is 0 Å². The fourth-order valence-electron chi connectivity index (χ4n) is 8.34. The normalized spacial score (nSPS) is 42.7. The van der Waals surface area contributed by atoms with Crippen LogP contribution in [0.1, 0.15) is 77.2 Å². The number of ketones is 1. The van der Waals surface area contributed by atoms with Gasteiger partial charge in [0.15, 0.2) is 5.78 Å². The lowest BCUT2D eigenvalue weighted by Crippen LogP contribution is -2.57. The summed E-state index contributed by atoms with van der Waals surface area (Å²) < 4.78 is 5.43. The van der Waals surface area contributed by atoms with Crippen LogP contribution in [0.4, 0.5) is 0 Å². The summed E-state index contributed by atoms with van der Waals surface area (Å²) in [6.45, 7) is 6.58. The van der Waals surface area contributed by atoms with E-state index in [2.05, 4.69) is 50.0 Å². The standard InChI is InChI=1S/C29H36O3/c1-5-14-29(31)16-13-25-23-11-8-20-17-21(30)12-15-27(20,2)26(23)24(18-28(25,29)3)19-6-9-22(32-4)10-7-19/h6-7,9-10,17,23-26,31H,8,11-13,15-16,18H2,1-4H3/t23-,24?,25-,26?,27-,28-,29-/m0/s1. The van der Waals surface area contributed by atoms with Gasteiger partial charge in [0.25, 0.3) is 0 Å². The summed E-state index contributed by atoms with van der Waals surface area (Å²) in [7, 11) is 1.71. The van der Waals surface area contributed by atoms with E-state index in [-0.39, 0.29) is 10.8 Å². The Morgan fingerprint density at radius 2 is 1.84 bits per heavy atom. The van der Waals surface area contributed by atoms with Gasteiger partial charge in [0, 0.05) is 11.8 Å². The number of aliphatic hydroxyl groups is 1. The van der Waals surface area contributed by atoms with E-state index in [1.807, 2.05) is 13.0 Å². The zero-order chi connectivity index (χ0) is 22.7. The average molecular weight is 433 g/mol. The van der Waals surface area contributed by atoms with Crippen LogP contribution in [0.25, 0.3) is 0 Å². The SMILES string of the molecule is CC#C[C@]1(O)CC[C@H]2[C@@H]3CCC4=CC(=O)CC[C@]4(C)C3C(c3ccc(OC)cc3)C[C@@]21C. The zero-order valence-electron chi connectivity index (χ0n) is 19.9. The van der Waals surface area contributed by atoms with Crippen LogP contribution in [0, 0.1) is 40.4 Å². The smallest absolute Gasteiger partial charge is 0.155 e. The van der Waals surface area contributed by atoms with Crippen molar-refractivity contribution in [1.82, 2.24) is 0 Å². The van der Waals surface area contributed by atoms with Gasteiger partial charge in [-0.25, -0.2) is 0 Å². The van der Waals surface area contributed by atoms with Crippen LogP contribution in [-0.4, -0.2) is 23.6 Å². The number of benzene rings is 1. The highest BCUT2D eigenvalue weighted by Gasteiger charge is 2.66. The van der Waals surface area contributed by atoms with Gasteiger partial charge in [-0.3, -0.25) is 4.79 Å². The average Bonchev–Trinajstić information content (AvgIpc) is 3.04. The van der Waals surface area contributed by atoms with Gasteiger partial charge < -0.3 is 9.84 Å². The first-order valence-corrected chi connectivity index (χ1v) is 12.3. The molecule has 3 nitrogen and oxygen atoms in total. The van der Waals surface area contributed by atoms with Crippen LogP contribution in [0.2, 0.25) is 0 Å². The van der Waals surface area contributed by atoms with Gasteiger partial charge in [0.1, 0.15) is 11.4 Å². The first kappa shape index (κ1) is 21.8. The number of allylic oxidation sites excluding steroid dienone is 1. The lowest BCUT2D eigenvalue weighted by Gasteiger charge is -2.61. The predicted octanol–water partition coefficient (Wildman–Crippen LogP) is 5.68. The van der Waals surface area contributed by atoms with E-state index in [1.165, 1.54) is 11.1 Å². The number of hydrogen-bond donors (Lipinski definition) is 1. The second kappa shape index (κ2) is 7.49. The van der Waals surface area contributed by atoms with Gasteiger partial charge in [-0.1, -0.05) is 37.5 Å². The number of rotatable bonds is 2. The molecule has 0 aromatic heterocycles. The summed E-state index contributed by atoms with van der Waals surface area (Å²) in [6.07, 6.45) is 8.47. The molecule has 0 bridgehead atoms. The molecule has 1 aromatic carbocycles. The van der Waals surface area contributed by atoms with Gasteiger partial charge in [-0.05, 0) is 98.3 Å². The topological polar surface area (TPSA) is 46.5 Å². The minimum absolute atomic E-state index is 0.0554. The highest BCUT2D eigenvalue weighted by atomic mass is 16.5. The van der Waals surface area contributed by atoms with Crippen LogP contribution in [0.15, 0.2) is 35.9 Å². The first-order valence-electron chi connectivity index (χ1n) is 12.3. The molecule has 4 aliphatic carbocycles. The first-order chi connectivity index (χ1) is 15.3. The van der Waals surface area contributed by atoms with Crippen LogP contribution < -0.4 is 4.74 Å². The van der Waals surface area contributed by atoms with Crippen molar-refractivity contribution >= 4 is 5.78 Å². The van der Waals surface area contributed by atoms with Crippen molar-refractivity contribution in [2.75, 3.05) is 7.11 Å².